The predicted octanol–water partition coefficient (Wildman–Crippen LogP) is 3.73. The monoisotopic (exact) mass is 393 g/mol. The lowest BCUT2D eigenvalue weighted by atomic mass is 10.1. The summed E-state index contributed by atoms with van der Waals surface area (Å²) >= 11 is 0. The molecule has 7 nitrogen and oxygen atoms in total. The van der Waals surface area contributed by atoms with E-state index in [9.17, 15) is 14.4 Å². The van der Waals surface area contributed by atoms with Gasteiger partial charge in [0.2, 0.25) is 5.91 Å². The van der Waals surface area contributed by atoms with E-state index in [4.69, 9.17) is 4.42 Å². The standard InChI is InChI=1S/C22H23N3O4/c1-15(2)13-20(26)23-16-6-8-17(9-7-16)24-22(28)19-11-10-18(29-19)14-25-12-4-3-5-21(25)27/h3-12,15H,13-14H2,1-2H3,(H,23,26)(H,24,28). The number of carbonyl (C=O) groups is 2. The number of aromatic nitrogens is 1. The van der Waals surface area contributed by atoms with Crippen molar-refractivity contribution in [2.75, 3.05) is 10.6 Å². The van der Waals surface area contributed by atoms with Crippen LogP contribution in [0.5, 0.6) is 0 Å². The van der Waals surface area contributed by atoms with Gasteiger partial charge in [-0.05, 0) is 48.4 Å². The summed E-state index contributed by atoms with van der Waals surface area (Å²) in [4.78, 5) is 36.0. The summed E-state index contributed by atoms with van der Waals surface area (Å²) in [5.74, 6) is 0.503. The first-order valence-corrected chi connectivity index (χ1v) is 9.36. The number of benzene rings is 1. The molecule has 0 fully saturated rings. The maximum Gasteiger partial charge on any atom is 0.291 e. The van der Waals surface area contributed by atoms with Crippen molar-refractivity contribution < 1.29 is 14.0 Å². The molecule has 2 aromatic heterocycles. The van der Waals surface area contributed by atoms with Crippen LogP contribution in [0.1, 0.15) is 36.6 Å². The first-order valence-electron chi connectivity index (χ1n) is 9.36. The van der Waals surface area contributed by atoms with Crippen molar-refractivity contribution in [2.24, 2.45) is 5.92 Å². The van der Waals surface area contributed by atoms with E-state index >= 15 is 0 Å². The van der Waals surface area contributed by atoms with Gasteiger partial charge in [0.05, 0.1) is 6.54 Å². The molecule has 3 rings (SSSR count). The van der Waals surface area contributed by atoms with Crippen LogP contribution in [0.2, 0.25) is 0 Å². The van der Waals surface area contributed by atoms with Gasteiger partial charge in [-0.1, -0.05) is 19.9 Å². The Morgan fingerprint density at radius 1 is 0.966 bits per heavy atom. The van der Waals surface area contributed by atoms with Crippen LogP contribution in [0.3, 0.4) is 0 Å². The fraction of sp³-hybridized carbons (Fsp3) is 0.227. The lowest BCUT2D eigenvalue weighted by Crippen LogP contribution is -2.18. The fourth-order valence-corrected chi connectivity index (χ4v) is 2.76. The van der Waals surface area contributed by atoms with Crippen molar-refractivity contribution in [3.05, 3.63) is 82.7 Å². The van der Waals surface area contributed by atoms with E-state index in [1.165, 1.54) is 10.6 Å². The summed E-state index contributed by atoms with van der Waals surface area (Å²) in [5, 5.41) is 5.56. The molecule has 0 aliphatic carbocycles. The van der Waals surface area contributed by atoms with E-state index in [0.29, 0.717) is 23.6 Å². The van der Waals surface area contributed by atoms with Crippen molar-refractivity contribution in [2.45, 2.75) is 26.8 Å². The molecule has 2 heterocycles. The second-order valence-corrected chi connectivity index (χ2v) is 7.11. The summed E-state index contributed by atoms with van der Waals surface area (Å²) in [5.41, 5.74) is 1.10. The molecular weight excluding hydrogens is 370 g/mol. The number of hydrogen-bond donors (Lipinski definition) is 2. The predicted molar refractivity (Wildman–Crippen MR) is 111 cm³/mol. The maximum atomic E-state index is 12.4. The number of furan rings is 1. The molecule has 0 unspecified atom stereocenters. The first-order chi connectivity index (χ1) is 13.9. The number of nitrogens with zero attached hydrogens (tertiary/aromatic N) is 1. The van der Waals surface area contributed by atoms with Crippen LogP contribution in [0, 0.1) is 5.92 Å². The minimum Gasteiger partial charge on any atom is -0.454 e. The van der Waals surface area contributed by atoms with E-state index in [0.717, 1.165) is 0 Å². The zero-order valence-corrected chi connectivity index (χ0v) is 16.3. The third-order valence-corrected chi connectivity index (χ3v) is 4.13. The van der Waals surface area contributed by atoms with E-state index < -0.39 is 5.91 Å². The Hall–Kier alpha value is -3.61. The minimum atomic E-state index is -0.395. The van der Waals surface area contributed by atoms with Gasteiger partial charge in [0, 0.05) is 30.1 Å². The maximum absolute atomic E-state index is 12.4. The van der Waals surface area contributed by atoms with Crippen LogP contribution < -0.4 is 16.2 Å². The third-order valence-electron chi connectivity index (χ3n) is 4.13. The highest BCUT2D eigenvalue weighted by atomic mass is 16.4. The number of pyridine rings is 1. The molecule has 1 aromatic carbocycles. The van der Waals surface area contributed by atoms with Crippen molar-refractivity contribution in [3.8, 4) is 0 Å². The highest BCUT2D eigenvalue weighted by Crippen LogP contribution is 2.17. The molecule has 2 amide bonds. The van der Waals surface area contributed by atoms with Gasteiger partial charge in [-0.25, -0.2) is 0 Å². The molecule has 0 saturated carbocycles. The molecule has 0 aliphatic heterocycles. The van der Waals surface area contributed by atoms with Crippen LogP contribution in [0.15, 0.2) is 70.0 Å². The highest BCUT2D eigenvalue weighted by molar-refractivity contribution is 6.02. The zero-order valence-electron chi connectivity index (χ0n) is 16.3. The van der Waals surface area contributed by atoms with Gasteiger partial charge < -0.3 is 19.6 Å². The van der Waals surface area contributed by atoms with Crippen LogP contribution in [-0.2, 0) is 11.3 Å². The van der Waals surface area contributed by atoms with Gasteiger partial charge in [-0.3, -0.25) is 14.4 Å². The Labute approximate surface area is 168 Å². The molecule has 29 heavy (non-hydrogen) atoms. The molecule has 2 N–H and O–H groups in total. The molecular formula is C22H23N3O4. The van der Waals surface area contributed by atoms with Gasteiger partial charge in [0.15, 0.2) is 5.76 Å². The number of nitrogens with one attached hydrogen (secondary N) is 2. The minimum absolute atomic E-state index is 0.0441. The fourth-order valence-electron chi connectivity index (χ4n) is 2.76. The van der Waals surface area contributed by atoms with Gasteiger partial charge in [-0.15, -0.1) is 0 Å². The summed E-state index contributed by atoms with van der Waals surface area (Å²) in [6, 6.07) is 15.0. The van der Waals surface area contributed by atoms with E-state index in [2.05, 4.69) is 10.6 Å². The molecule has 0 atom stereocenters. The SMILES string of the molecule is CC(C)CC(=O)Nc1ccc(NC(=O)c2ccc(Cn3ccccc3=O)o2)cc1. The molecule has 0 aliphatic rings. The quantitative estimate of drug-likeness (QED) is 0.640. The topological polar surface area (TPSA) is 93.3 Å². The Morgan fingerprint density at radius 3 is 2.31 bits per heavy atom. The van der Waals surface area contributed by atoms with Crippen LogP contribution in [0.4, 0.5) is 11.4 Å². The van der Waals surface area contributed by atoms with Gasteiger partial charge in [-0.2, -0.15) is 0 Å². The molecule has 0 saturated heterocycles. The Morgan fingerprint density at radius 2 is 1.66 bits per heavy atom. The van der Waals surface area contributed by atoms with Crippen molar-refractivity contribution >= 4 is 23.2 Å². The first kappa shape index (κ1) is 20.1. The van der Waals surface area contributed by atoms with Gasteiger partial charge in [0.25, 0.3) is 11.5 Å². The number of anilines is 2. The van der Waals surface area contributed by atoms with E-state index in [1.54, 1.807) is 54.7 Å². The normalized spacial score (nSPS) is 10.7. The van der Waals surface area contributed by atoms with Crippen molar-refractivity contribution in [1.82, 2.24) is 4.57 Å². The van der Waals surface area contributed by atoms with E-state index in [1.807, 2.05) is 13.8 Å². The number of rotatable bonds is 7. The number of amides is 2. The van der Waals surface area contributed by atoms with Crippen LogP contribution >= 0.6 is 0 Å². The molecule has 7 heteroatoms. The average molecular weight is 393 g/mol. The summed E-state index contributed by atoms with van der Waals surface area (Å²) in [6.07, 6.45) is 2.11. The second kappa shape index (κ2) is 9.05. The van der Waals surface area contributed by atoms with Crippen LogP contribution in [0.25, 0.3) is 0 Å². The Bertz CT molecular complexity index is 1050. The number of carbonyl (C=O) groups excluding carboxylic acids is 2. The zero-order chi connectivity index (χ0) is 20.8. The van der Waals surface area contributed by atoms with Crippen molar-refractivity contribution in [1.29, 1.82) is 0 Å². The number of hydrogen-bond acceptors (Lipinski definition) is 4. The average Bonchev–Trinajstić information content (AvgIpc) is 3.13. The van der Waals surface area contributed by atoms with Crippen LogP contribution in [-0.4, -0.2) is 16.4 Å². The Kier molecular flexibility index (Phi) is 6.29. The Balaban J connectivity index is 1.59. The van der Waals surface area contributed by atoms with Gasteiger partial charge >= 0.3 is 0 Å². The highest BCUT2D eigenvalue weighted by Gasteiger charge is 2.12. The summed E-state index contributed by atoms with van der Waals surface area (Å²) < 4.78 is 7.05. The van der Waals surface area contributed by atoms with Gasteiger partial charge in [0.1, 0.15) is 5.76 Å². The van der Waals surface area contributed by atoms with E-state index in [-0.39, 0.29) is 29.7 Å². The summed E-state index contributed by atoms with van der Waals surface area (Å²) in [6.45, 7) is 4.21. The largest absolute Gasteiger partial charge is 0.454 e. The lowest BCUT2D eigenvalue weighted by Gasteiger charge is -2.08. The smallest absolute Gasteiger partial charge is 0.291 e. The molecule has 0 spiro atoms. The molecule has 3 aromatic rings. The summed E-state index contributed by atoms with van der Waals surface area (Å²) in [7, 11) is 0. The lowest BCUT2D eigenvalue weighted by molar-refractivity contribution is -0.116. The second-order valence-electron chi connectivity index (χ2n) is 7.11. The van der Waals surface area contributed by atoms with Crippen molar-refractivity contribution in [3.63, 3.8) is 0 Å². The molecule has 0 bridgehead atoms. The third kappa shape index (κ3) is 5.68. The molecule has 150 valence electrons. The molecule has 0 radical (unpaired) electrons.